The molecule has 0 spiro atoms. The first-order chi connectivity index (χ1) is 14.7. The van der Waals surface area contributed by atoms with Gasteiger partial charge in [0.1, 0.15) is 6.10 Å². The van der Waals surface area contributed by atoms with E-state index in [4.69, 9.17) is 9.47 Å². The standard InChI is InChI=1S/C24H25N3O3/c1-3-29-23-16-19(17-25-27-24(28)26-21-12-8-5-9-13-21)14-15-22(23)30-18(2)20-10-6-4-7-11-20/h4-18H,3H2,1-2H3,(H2,26,27,28)/b25-17+. The average molecular weight is 403 g/mol. The van der Waals surface area contributed by atoms with Crippen LogP contribution in [0, 0.1) is 0 Å². The molecule has 1 atom stereocenters. The molecule has 6 nitrogen and oxygen atoms in total. The van der Waals surface area contributed by atoms with Crippen LogP contribution in [0.15, 0.2) is 84.0 Å². The zero-order valence-corrected chi connectivity index (χ0v) is 17.0. The predicted molar refractivity (Wildman–Crippen MR) is 119 cm³/mol. The van der Waals surface area contributed by atoms with Crippen LogP contribution in [-0.2, 0) is 0 Å². The van der Waals surface area contributed by atoms with Gasteiger partial charge in [-0.2, -0.15) is 5.10 Å². The van der Waals surface area contributed by atoms with E-state index in [9.17, 15) is 4.79 Å². The number of urea groups is 1. The van der Waals surface area contributed by atoms with Crippen LogP contribution in [0.4, 0.5) is 10.5 Å². The maximum Gasteiger partial charge on any atom is 0.339 e. The molecule has 154 valence electrons. The van der Waals surface area contributed by atoms with E-state index >= 15 is 0 Å². The molecule has 30 heavy (non-hydrogen) atoms. The summed E-state index contributed by atoms with van der Waals surface area (Å²) in [4.78, 5) is 11.9. The number of carbonyl (C=O) groups is 1. The second-order valence-electron chi connectivity index (χ2n) is 6.50. The van der Waals surface area contributed by atoms with Gasteiger partial charge in [0.2, 0.25) is 0 Å². The molecule has 0 saturated heterocycles. The van der Waals surface area contributed by atoms with Crippen LogP contribution in [0.25, 0.3) is 0 Å². The largest absolute Gasteiger partial charge is 0.490 e. The summed E-state index contributed by atoms with van der Waals surface area (Å²) in [6.45, 7) is 4.42. The van der Waals surface area contributed by atoms with Crippen LogP contribution in [0.1, 0.15) is 31.1 Å². The minimum Gasteiger partial charge on any atom is -0.490 e. The van der Waals surface area contributed by atoms with E-state index in [-0.39, 0.29) is 6.10 Å². The van der Waals surface area contributed by atoms with Gasteiger partial charge in [0.25, 0.3) is 0 Å². The van der Waals surface area contributed by atoms with E-state index < -0.39 is 6.03 Å². The number of ether oxygens (including phenoxy) is 2. The fourth-order valence-electron chi connectivity index (χ4n) is 2.80. The minimum atomic E-state index is -0.417. The molecular formula is C24H25N3O3. The van der Waals surface area contributed by atoms with Crippen molar-refractivity contribution < 1.29 is 14.3 Å². The Morgan fingerprint density at radius 1 is 1.00 bits per heavy atom. The molecule has 0 saturated carbocycles. The van der Waals surface area contributed by atoms with Crippen molar-refractivity contribution in [3.63, 3.8) is 0 Å². The lowest BCUT2D eigenvalue weighted by atomic mass is 10.1. The summed E-state index contributed by atoms with van der Waals surface area (Å²) in [6, 6.07) is 24.3. The van der Waals surface area contributed by atoms with Gasteiger partial charge in [0, 0.05) is 5.69 Å². The van der Waals surface area contributed by atoms with Gasteiger partial charge in [-0.25, -0.2) is 10.2 Å². The Hall–Kier alpha value is -3.80. The summed E-state index contributed by atoms with van der Waals surface area (Å²) < 4.78 is 11.8. The first-order valence-corrected chi connectivity index (χ1v) is 9.79. The molecule has 0 aromatic heterocycles. The van der Waals surface area contributed by atoms with Crippen molar-refractivity contribution in [3.05, 3.63) is 90.0 Å². The van der Waals surface area contributed by atoms with Gasteiger partial charge in [0.05, 0.1) is 12.8 Å². The molecule has 0 aliphatic heterocycles. The van der Waals surface area contributed by atoms with E-state index in [1.165, 1.54) is 0 Å². The highest BCUT2D eigenvalue weighted by atomic mass is 16.5. The van der Waals surface area contributed by atoms with E-state index in [2.05, 4.69) is 15.8 Å². The van der Waals surface area contributed by atoms with Crippen LogP contribution >= 0.6 is 0 Å². The molecule has 6 heteroatoms. The van der Waals surface area contributed by atoms with Gasteiger partial charge in [-0.15, -0.1) is 0 Å². The van der Waals surface area contributed by atoms with Crippen LogP contribution < -0.4 is 20.2 Å². The molecule has 0 bridgehead atoms. The van der Waals surface area contributed by atoms with Crippen molar-refractivity contribution >= 4 is 17.9 Å². The topological polar surface area (TPSA) is 72.0 Å². The fraction of sp³-hybridized carbons (Fsp3) is 0.167. The Labute approximate surface area is 176 Å². The number of rotatable bonds is 8. The molecule has 3 rings (SSSR count). The third kappa shape index (κ3) is 6.10. The summed E-state index contributed by atoms with van der Waals surface area (Å²) in [5.41, 5.74) is 5.00. The number of hydrazone groups is 1. The molecule has 0 aliphatic carbocycles. The minimum absolute atomic E-state index is 0.117. The predicted octanol–water partition coefficient (Wildman–Crippen LogP) is 5.38. The van der Waals surface area contributed by atoms with Crippen molar-refractivity contribution in [2.24, 2.45) is 5.10 Å². The van der Waals surface area contributed by atoms with Gasteiger partial charge in [-0.3, -0.25) is 0 Å². The molecule has 2 amide bonds. The lowest BCUT2D eigenvalue weighted by molar-refractivity contribution is 0.211. The third-order valence-corrected chi connectivity index (χ3v) is 4.25. The number of carbonyl (C=O) groups excluding carboxylic acids is 1. The molecule has 0 radical (unpaired) electrons. The molecule has 3 aromatic carbocycles. The molecule has 0 heterocycles. The van der Waals surface area contributed by atoms with Crippen LogP contribution in [0.2, 0.25) is 0 Å². The smallest absolute Gasteiger partial charge is 0.339 e. The molecule has 0 fully saturated rings. The zero-order valence-electron chi connectivity index (χ0n) is 17.0. The monoisotopic (exact) mass is 403 g/mol. The molecule has 0 aliphatic rings. The lowest BCUT2D eigenvalue weighted by Crippen LogP contribution is -2.24. The second-order valence-corrected chi connectivity index (χ2v) is 6.50. The maximum absolute atomic E-state index is 11.9. The van der Waals surface area contributed by atoms with Crippen molar-refractivity contribution in [1.29, 1.82) is 0 Å². The Morgan fingerprint density at radius 3 is 2.40 bits per heavy atom. The number of hydrogen-bond acceptors (Lipinski definition) is 4. The number of benzene rings is 3. The van der Waals surface area contributed by atoms with Crippen LogP contribution in [0.5, 0.6) is 11.5 Å². The number of hydrogen-bond donors (Lipinski definition) is 2. The highest BCUT2D eigenvalue weighted by Crippen LogP contribution is 2.32. The Bertz CT molecular complexity index is 976. The summed E-state index contributed by atoms with van der Waals surface area (Å²) in [6.07, 6.45) is 1.44. The molecule has 2 N–H and O–H groups in total. The van der Waals surface area contributed by atoms with E-state index in [1.807, 2.05) is 80.6 Å². The molecule has 1 unspecified atom stereocenters. The normalized spacial score (nSPS) is 11.7. The van der Waals surface area contributed by atoms with Gasteiger partial charge < -0.3 is 14.8 Å². The molecule has 3 aromatic rings. The Kier molecular flexibility index (Phi) is 7.44. The average Bonchev–Trinajstić information content (AvgIpc) is 2.77. The highest BCUT2D eigenvalue weighted by molar-refractivity contribution is 5.90. The van der Waals surface area contributed by atoms with Crippen molar-refractivity contribution in [2.75, 3.05) is 11.9 Å². The first kappa shape index (κ1) is 20.9. The number of nitrogens with zero attached hydrogens (tertiary/aromatic N) is 1. The number of para-hydroxylation sites is 1. The van der Waals surface area contributed by atoms with E-state index in [0.29, 0.717) is 23.8 Å². The summed E-state index contributed by atoms with van der Waals surface area (Å²) in [5.74, 6) is 1.28. The number of amides is 2. The lowest BCUT2D eigenvalue weighted by Gasteiger charge is -2.18. The summed E-state index contributed by atoms with van der Waals surface area (Å²) in [5, 5.41) is 6.69. The fourth-order valence-corrected chi connectivity index (χ4v) is 2.80. The number of nitrogens with one attached hydrogen (secondary N) is 2. The van der Waals surface area contributed by atoms with Crippen LogP contribution in [0.3, 0.4) is 0 Å². The Morgan fingerprint density at radius 2 is 1.70 bits per heavy atom. The van der Waals surface area contributed by atoms with E-state index in [0.717, 1.165) is 11.1 Å². The Balaban J connectivity index is 1.63. The summed E-state index contributed by atoms with van der Waals surface area (Å²) >= 11 is 0. The first-order valence-electron chi connectivity index (χ1n) is 9.79. The zero-order chi connectivity index (χ0) is 21.2. The number of anilines is 1. The second kappa shape index (κ2) is 10.7. The van der Waals surface area contributed by atoms with Crippen molar-refractivity contribution in [3.8, 4) is 11.5 Å². The van der Waals surface area contributed by atoms with Gasteiger partial charge >= 0.3 is 6.03 Å². The quantitative estimate of drug-likeness (QED) is 0.392. The van der Waals surface area contributed by atoms with Gasteiger partial charge in [-0.1, -0.05) is 48.5 Å². The maximum atomic E-state index is 11.9. The van der Waals surface area contributed by atoms with Crippen LogP contribution in [-0.4, -0.2) is 18.9 Å². The van der Waals surface area contributed by atoms with Gasteiger partial charge in [-0.05, 0) is 55.3 Å². The summed E-state index contributed by atoms with van der Waals surface area (Å²) in [7, 11) is 0. The third-order valence-electron chi connectivity index (χ3n) is 4.25. The molecular weight excluding hydrogens is 378 g/mol. The van der Waals surface area contributed by atoms with Crippen molar-refractivity contribution in [2.45, 2.75) is 20.0 Å². The van der Waals surface area contributed by atoms with E-state index in [1.54, 1.807) is 18.3 Å². The van der Waals surface area contributed by atoms with Crippen molar-refractivity contribution in [1.82, 2.24) is 5.43 Å². The SMILES string of the molecule is CCOc1cc(/C=N/NC(=O)Nc2ccccc2)ccc1OC(C)c1ccccc1. The van der Waals surface area contributed by atoms with Gasteiger partial charge in [0.15, 0.2) is 11.5 Å². The highest BCUT2D eigenvalue weighted by Gasteiger charge is 2.12.